The highest BCUT2D eigenvalue weighted by Crippen LogP contribution is 2.26. The van der Waals surface area contributed by atoms with Crippen molar-refractivity contribution < 1.29 is 51.8 Å². The molecule has 1 fully saturated rings. The molecule has 1 aliphatic rings. The Morgan fingerprint density at radius 3 is 0.750 bits per heavy atom. The lowest BCUT2D eigenvalue weighted by Crippen LogP contribution is -2.02. The summed E-state index contributed by atoms with van der Waals surface area (Å²) in [6.45, 7) is 0. The van der Waals surface area contributed by atoms with Gasteiger partial charge in [0.1, 0.15) is 0 Å². The van der Waals surface area contributed by atoms with Crippen LogP contribution in [0.2, 0.25) is 0 Å². The number of rotatable bonds is 0. The molecule has 0 aliphatic heterocycles. The molecular formula is C4H5B3F12N-3. The van der Waals surface area contributed by atoms with Crippen LogP contribution in [0.1, 0.15) is 12.8 Å². The predicted molar refractivity (Wildman–Crippen MR) is 48.9 cm³/mol. The lowest BCUT2D eigenvalue weighted by Gasteiger charge is -1.94. The number of halogens is 12. The summed E-state index contributed by atoms with van der Waals surface area (Å²) in [5, 5.41) is 7.96. The zero-order chi connectivity index (χ0) is 17.2. The zero-order valence-corrected chi connectivity index (χ0v) is 9.21. The molecule has 16 heteroatoms. The highest BCUT2D eigenvalue weighted by molar-refractivity contribution is 6.50. The van der Waals surface area contributed by atoms with Crippen LogP contribution in [0, 0.1) is 17.2 Å². The first-order valence-electron chi connectivity index (χ1n) is 4.45. The van der Waals surface area contributed by atoms with Gasteiger partial charge in [-0.05, 0) is 12.8 Å². The Labute approximate surface area is 105 Å². The summed E-state index contributed by atoms with van der Waals surface area (Å²) in [6.07, 6.45) is 2.30. The van der Waals surface area contributed by atoms with Crippen LogP contribution >= 0.6 is 0 Å². The van der Waals surface area contributed by atoms with Gasteiger partial charge in [-0.2, -0.15) is 5.26 Å². The van der Waals surface area contributed by atoms with E-state index in [-0.39, 0.29) is 0 Å². The normalized spacial score (nSPS) is 14.3. The second kappa shape index (κ2) is 9.70. The molecule has 0 radical (unpaired) electrons. The molecule has 1 nitrogen and oxygen atoms in total. The van der Waals surface area contributed by atoms with Crippen LogP contribution in [0.15, 0.2) is 0 Å². The van der Waals surface area contributed by atoms with E-state index < -0.39 is 21.8 Å². The van der Waals surface area contributed by atoms with Crippen LogP contribution in [-0.2, 0) is 0 Å². The van der Waals surface area contributed by atoms with E-state index in [2.05, 4.69) is 6.07 Å². The minimum atomic E-state index is -6.00. The van der Waals surface area contributed by atoms with Gasteiger partial charge in [-0.3, -0.25) is 0 Å². The van der Waals surface area contributed by atoms with Gasteiger partial charge in [0.05, 0.1) is 6.07 Å². The van der Waals surface area contributed by atoms with E-state index >= 15 is 0 Å². The maximum absolute atomic E-state index is 9.75. The monoisotopic (exact) mass is 328 g/mol. The Bertz CT molecular complexity index is 224. The number of nitrogens with zero attached hydrogens (tertiary/aromatic N) is 1. The van der Waals surface area contributed by atoms with Gasteiger partial charge < -0.3 is 51.8 Å². The SMILES string of the molecule is F[B-](F)(F)F.F[B-](F)(F)F.F[B-](F)(F)F.N#CC1CC1. The van der Waals surface area contributed by atoms with Crippen LogP contribution in [0.5, 0.6) is 0 Å². The molecule has 0 unspecified atom stereocenters. The molecule has 1 saturated carbocycles. The molecule has 0 atom stereocenters. The van der Waals surface area contributed by atoms with Gasteiger partial charge in [0.2, 0.25) is 0 Å². The summed E-state index contributed by atoms with van der Waals surface area (Å²) >= 11 is 0. The maximum Gasteiger partial charge on any atom is 0.673 e. The van der Waals surface area contributed by atoms with Crippen molar-refractivity contribution in [2.24, 2.45) is 5.92 Å². The minimum absolute atomic E-state index is 0.440. The van der Waals surface area contributed by atoms with E-state index in [1.54, 1.807) is 0 Å². The molecule has 0 amide bonds. The Hall–Kier alpha value is -1.16. The Morgan fingerprint density at radius 2 is 0.750 bits per heavy atom. The van der Waals surface area contributed by atoms with Gasteiger partial charge in [0.15, 0.2) is 0 Å². The van der Waals surface area contributed by atoms with Gasteiger partial charge in [0.25, 0.3) is 0 Å². The average Bonchev–Trinajstić information content (AvgIpc) is 2.74. The van der Waals surface area contributed by atoms with Crippen molar-refractivity contribution in [2.45, 2.75) is 12.8 Å². The number of hydrogen-bond donors (Lipinski definition) is 0. The molecule has 0 bridgehead atoms. The third-order valence-corrected chi connectivity index (χ3v) is 0.760. The van der Waals surface area contributed by atoms with Crippen molar-refractivity contribution in [1.29, 1.82) is 5.26 Å². The van der Waals surface area contributed by atoms with Gasteiger partial charge in [-0.15, -0.1) is 0 Å². The van der Waals surface area contributed by atoms with Gasteiger partial charge >= 0.3 is 21.8 Å². The van der Waals surface area contributed by atoms with Crippen LogP contribution in [0.3, 0.4) is 0 Å². The summed E-state index contributed by atoms with van der Waals surface area (Å²) in [5.74, 6) is 0.440. The first kappa shape index (κ1) is 23.9. The fourth-order valence-electron chi connectivity index (χ4n) is 0.212. The van der Waals surface area contributed by atoms with Crippen LogP contribution in [0.25, 0.3) is 0 Å². The maximum atomic E-state index is 9.75. The molecule has 0 spiro atoms. The Kier molecular flexibility index (Phi) is 11.6. The number of hydrogen-bond acceptors (Lipinski definition) is 1. The molecule has 20 heavy (non-hydrogen) atoms. The van der Waals surface area contributed by atoms with Crippen LogP contribution in [0.4, 0.5) is 51.8 Å². The topological polar surface area (TPSA) is 23.8 Å². The van der Waals surface area contributed by atoms with E-state index in [4.69, 9.17) is 5.26 Å². The smallest absolute Gasteiger partial charge is 0.418 e. The highest BCUT2D eigenvalue weighted by Gasteiger charge is 2.21. The molecule has 0 saturated heterocycles. The highest BCUT2D eigenvalue weighted by atomic mass is 19.5. The second-order valence-corrected chi connectivity index (χ2v) is 2.89. The Morgan fingerprint density at radius 1 is 0.600 bits per heavy atom. The molecule has 0 aromatic carbocycles. The van der Waals surface area contributed by atoms with E-state index in [9.17, 15) is 51.8 Å². The molecule has 0 aromatic heterocycles. The van der Waals surface area contributed by atoms with Gasteiger partial charge in [-0.1, -0.05) is 0 Å². The zero-order valence-electron chi connectivity index (χ0n) is 9.21. The molecule has 1 aliphatic carbocycles. The van der Waals surface area contributed by atoms with E-state index in [0.717, 1.165) is 12.8 Å². The largest absolute Gasteiger partial charge is 0.673 e. The fourth-order valence-corrected chi connectivity index (χ4v) is 0.212. The standard InChI is InChI=1S/C4H5N.3BF4/c5-3-4-1-2-4;3*2-1(3,4)5/h4H,1-2H2;;;/q;3*-1. The van der Waals surface area contributed by atoms with Crippen molar-refractivity contribution >= 4 is 21.8 Å². The quantitative estimate of drug-likeness (QED) is 0.462. The third kappa shape index (κ3) is 286. The molecule has 0 heterocycles. The van der Waals surface area contributed by atoms with E-state index in [1.807, 2.05) is 0 Å². The first-order chi connectivity index (χ1) is 8.43. The molecular weight excluding hydrogens is 322 g/mol. The predicted octanol–water partition coefficient (Wildman–Crippen LogP) is 4.82. The summed E-state index contributed by atoms with van der Waals surface area (Å²) in [4.78, 5) is 0. The summed E-state index contributed by atoms with van der Waals surface area (Å²) in [6, 6.07) is 2.14. The molecule has 1 rings (SSSR count). The van der Waals surface area contributed by atoms with Crippen molar-refractivity contribution in [3.63, 3.8) is 0 Å². The lowest BCUT2D eigenvalue weighted by molar-refractivity contribution is 0.366. The third-order valence-electron chi connectivity index (χ3n) is 0.760. The minimum Gasteiger partial charge on any atom is -0.418 e. The second-order valence-electron chi connectivity index (χ2n) is 2.89. The van der Waals surface area contributed by atoms with Crippen molar-refractivity contribution in [3.8, 4) is 6.07 Å². The Balaban J connectivity index is -0.000000193. The fraction of sp³-hybridized carbons (Fsp3) is 0.750. The van der Waals surface area contributed by atoms with E-state index in [0.29, 0.717) is 5.92 Å². The van der Waals surface area contributed by atoms with E-state index in [1.165, 1.54) is 0 Å². The van der Waals surface area contributed by atoms with Crippen molar-refractivity contribution in [2.75, 3.05) is 0 Å². The molecule has 0 aromatic rings. The van der Waals surface area contributed by atoms with Crippen molar-refractivity contribution in [3.05, 3.63) is 0 Å². The average molecular weight is 328 g/mol. The van der Waals surface area contributed by atoms with Crippen LogP contribution in [-0.4, -0.2) is 21.8 Å². The van der Waals surface area contributed by atoms with Gasteiger partial charge in [0, 0.05) is 5.92 Å². The first-order valence-corrected chi connectivity index (χ1v) is 4.45. The number of nitriles is 1. The summed E-state index contributed by atoms with van der Waals surface area (Å²) in [7, 11) is -18.0. The van der Waals surface area contributed by atoms with Gasteiger partial charge in [-0.25, -0.2) is 0 Å². The van der Waals surface area contributed by atoms with Crippen molar-refractivity contribution in [1.82, 2.24) is 0 Å². The van der Waals surface area contributed by atoms with Crippen LogP contribution < -0.4 is 0 Å². The molecule has 0 N–H and O–H groups in total. The molecule has 122 valence electrons. The summed E-state index contributed by atoms with van der Waals surface area (Å²) < 4.78 is 117. The summed E-state index contributed by atoms with van der Waals surface area (Å²) in [5.41, 5.74) is 0. The lowest BCUT2D eigenvalue weighted by atomic mass is 10.3.